The molecule has 0 unspecified atom stereocenters. The Morgan fingerprint density at radius 3 is 1.52 bits per heavy atom. The second-order valence-corrected chi connectivity index (χ2v) is 14.2. The zero-order chi connectivity index (χ0) is 35.3. The van der Waals surface area contributed by atoms with Crippen LogP contribution >= 0.6 is 0 Å². The summed E-state index contributed by atoms with van der Waals surface area (Å²) in [4.78, 5) is 62.6. The predicted octanol–water partition coefficient (Wildman–Crippen LogP) is 4.35. The molecule has 0 aromatic carbocycles. The van der Waals surface area contributed by atoms with Gasteiger partial charge in [-0.3, -0.25) is 28.4 Å². The summed E-state index contributed by atoms with van der Waals surface area (Å²) in [6.45, 7) is 8.59. The lowest BCUT2D eigenvalue weighted by atomic mass is 9.86. The molecular formula is C38H40N12O2. The third-order valence-corrected chi connectivity index (χ3v) is 11.1. The lowest BCUT2D eigenvalue weighted by Gasteiger charge is -2.36. The van der Waals surface area contributed by atoms with E-state index < -0.39 is 0 Å². The summed E-state index contributed by atoms with van der Waals surface area (Å²) in [5, 5.41) is 0. The minimum atomic E-state index is 0.0324. The Morgan fingerprint density at radius 2 is 1.10 bits per heavy atom. The van der Waals surface area contributed by atoms with Crippen LogP contribution in [0, 0.1) is 11.8 Å². The molecule has 264 valence electrons. The number of H-pyrrole nitrogens is 2. The average molecular weight is 697 g/mol. The van der Waals surface area contributed by atoms with Crippen molar-refractivity contribution in [2.24, 2.45) is 21.8 Å². The van der Waals surface area contributed by atoms with E-state index in [-0.39, 0.29) is 23.7 Å². The first-order chi connectivity index (χ1) is 25.4. The number of nitrogens with zero attached hydrogens (tertiary/aromatic N) is 10. The molecule has 6 aromatic rings. The summed E-state index contributed by atoms with van der Waals surface area (Å²) in [5.74, 6) is 3.33. The Hall–Kier alpha value is -5.92. The lowest BCUT2D eigenvalue weighted by Crippen LogP contribution is -2.45. The number of rotatable bonds is 4. The number of amides is 2. The second-order valence-electron chi connectivity index (χ2n) is 14.2. The first-order valence-electron chi connectivity index (χ1n) is 18.0. The molecule has 0 bridgehead atoms. The highest BCUT2D eigenvalue weighted by molar-refractivity contribution is 6.44. The van der Waals surface area contributed by atoms with Crippen LogP contribution in [0.5, 0.6) is 0 Å². The maximum absolute atomic E-state index is 12.8. The van der Waals surface area contributed by atoms with Gasteiger partial charge in [0.1, 0.15) is 23.1 Å². The second kappa shape index (κ2) is 13.0. The minimum Gasteiger partial charge on any atom is -0.345 e. The van der Waals surface area contributed by atoms with Crippen LogP contribution in [0.1, 0.15) is 50.2 Å². The van der Waals surface area contributed by atoms with Gasteiger partial charge in [0.05, 0.1) is 59.9 Å². The van der Waals surface area contributed by atoms with Crippen molar-refractivity contribution < 1.29 is 9.59 Å². The van der Waals surface area contributed by atoms with Crippen molar-refractivity contribution in [2.45, 2.75) is 38.5 Å². The van der Waals surface area contributed by atoms with E-state index in [2.05, 4.69) is 52.6 Å². The molecular weight excluding hydrogens is 656 g/mol. The van der Waals surface area contributed by atoms with Crippen molar-refractivity contribution in [3.63, 3.8) is 0 Å². The largest absolute Gasteiger partial charge is 0.345 e. The van der Waals surface area contributed by atoms with E-state index in [1.165, 1.54) is 0 Å². The third-order valence-electron chi connectivity index (χ3n) is 11.1. The van der Waals surface area contributed by atoms with Crippen LogP contribution in [0.25, 0.3) is 33.4 Å². The molecule has 4 aliphatic heterocycles. The van der Waals surface area contributed by atoms with Gasteiger partial charge in [-0.2, -0.15) is 0 Å². The number of carbonyl (C=O) groups excluding carboxylic acids is 2. The number of aromatic nitrogens is 8. The van der Waals surface area contributed by atoms with Crippen LogP contribution in [0.4, 0.5) is 0 Å². The summed E-state index contributed by atoms with van der Waals surface area (Å²) >= 11 is 0. The van der Waals surface area contributed by atoms with Crippen LogP contribution in [0.15, 0.2) is 83.6 Å². The van der Waals surface area contributed by atoms with Crippen molar-refractivity contribution in [3.05, 3.63) is 85.3 Å². The molecule has 4 aliphatic rings. The molecule has 52 heavy (non-hydrogen) atoms. The molecule has 4 atom stereocenters. The molecule has 2 saturated heterocycles. The van der Waals surface area contributed by atoms with E-state index in [4.69, 9.17) is 9.97 Å². The molecule has 10 rings (SSSR count). The molecule has 14 nitrogen and oxygen atoms in total. The molecule has 0 spiro atoms. The van der Waals surface area contributed by atoms with Gasteiger partial charge in [-0.05, 0) is 49.0 Å². The fourth-order valence-electron chi connectivity index (χ4n) is 8.04. The van der Waals surface area contributed by atoms with Crippen LogP contribution in [0.2, 0.25) is 0 Å². The van der Waals surface area contributed by atoms with E-state index >= 15 is 0 Å². The summed E-state index contributed by atoms with van der Waals surface area (Å²) < 4.78 is 4.34. The molecule has 6 aromatic heterocycles. The fraction of sp³-hybridized carbons (Fsp3) is 0.368. The Balaban J connectivity index is 0.000000138. The number of hydrogen-bond donors (Lipinski definition) is 2. The van der Waals surface area contributed by atoms with E-state index in [0.29, 0.717) is 49.4 Å². The van der Waals surface area contributed by atoms with Gasteiger partial charge in [-0.1, -0.05) is 26.0 Å². The van der Waals surface area contributed by atoms with Crippen molar-refractivity contribution in [3.8, 4) is 0 Å². The van der Waals surface area contributed by atoms with Crippen LogP contribution in [-0.4, -0.2) is 111 Å². The van der Waals surface area contributed by atoms with Gasteiger partial charge in [0.25, 0.3) is 11.8 Å². The molecule has 14 heteroatoms. The Morgan fingerprint density at radius 1 is 0.654 bits per heavy atom. The lowest BCUT2D eigenvalue weighted by molar-refractivity contribution is -0.126. The van der Waals surface area contributed by atoms with Crippen molar-refractivity contribution >= 4 is 56.6 Å². The van der Waals surface area contributed by atoms with E-state index in [1.807, 2.05) is 83.4 Å². The number of fused-ring (bicyclic) bond motifs is 6. The number of hydrogen-bond acceptors (Lipinski definition) is 8. The quantitative estimate of drug-likeness (QED) is 0.279. The predicted molar refractivity (Wildman–Crippen MR) is 199 cm³/mol. The molecule has 0 saturated carbocycles. The first kappa shape index (κ1) is 32.0. The smallest absolute Gasteiger partial charge is 0.272 e. The van der Waals surface area contributed by atoms with E-state index in [1.54, 1.807) is 0 Å². The molecule has 2 fully saturated rings. The van der Waals surface area contributed by atoms with Gasteiger partial charge in [0.15, 0.2) is 11.3 Å². The Kier molecular flexibility index (Phi) is 8.01. The SMILES string of the molecule is C[C@@H]1CCN(C(=O)C2=NCC=C2)C[C@@H]1c1ncc2cnc3[nH]ccc3n12.C[C@H]1CCN(C(=O)C2=NCC=C2)C[C@H]1c1ncc2cnc3[nH]ccc3n12. The summed E-state index contributed by atoms with van der Waals surface area (Å²) in [6.07, 6.45) is 20.6. The van der Waals surface area contributed by atoms with Crippen molar-refractivity contribution in [1.29, 1.82) is 0 Å². The summed E-state index contributed by atoms with van der Waals surface area (Å²) in [6, 6.07) is 4.05. The topological polar surface area (TPSA) is 157 Å². The number of aliphatic imine (C=N–C) groups is 2. The highest BCUT2D eigenvalue weighted by Crippen LogP contribution is 2.35. The molecule has 10 heterocycles. The number of likely N-dealkylation sites (tertiary alicyclic amines) is 2. The summed E-state index contributed by atoms with van der Waals surface area (Å²) in [7, 11) is 0. The van der Waals surface area contributed by atoms with E-state index in [9.17, 15) is 9.59 Å². The van der Waals surface area contributed by atoms with Gasteiger partial charge in [0.2, 0.25) is 0 Å². The summed E-state index contributed by atoms with van der Waals surface area (Å²) in [5.41, 5.74) is 6.84. The van der Waals surface area contributed by atoms with Gasteiger partial charge >= 0.3 is 0 Å². The van der Waals surface area contributed by atoms with Gasteiger partial charge in [0, 0.05) is 50.4 Å². The van der Waals surface area contributed by atoms with Crippen LogP contribution in [0.3, 0.4) is 0 Å². The number of imidazole rings is 2. The normalized spacial score (nSPS) is 23.1. The van der Waals surface area contributed by atoms with Gasteiger partial charge < -0.3 is 19.8 Å². The Labute approximate surface area is 299 Å². The number of carbonyl (C=O) groups is 2. The zero-order valence-electron chi connectivity index (χ0n) is 29.2. The number of nitrogens with one attached hydrogen (secondary N) is 2. The van der Waals surface area contributed by atoms with Crippen molar-refractivity contribution in [2.75, 3.05) is 39.3 Å². The molecule has 2 N–H and O–H groups in total. The standard InChI is InChI=1S/2C19H20N6O/c2*1-12-5-8-24(19(26)15-3-2-6-20-15)11-14(12)18-23-10-13-9-22-17-16(25(13)18)4-7-21-17/h2*2-4,7,9-10,12,14,21H,5-6,8,11H2,1H3/t2*12-,14+/m10/s1. The minimum absolute atomic E-state index is 0.0324. The van der Waals surface area contributed by atoms with Crippen LogP contribution in [-0.2, 0) is 9.59 Å². The highest BCUT2D eigenvalue weighted by Gasteiger charge is 2.35. The third kappa shape index (κ3) is 5.49. The maximum atomic E-state index is 12.8. The van der Waals surface area contributed by atoms with Gasteiger partial charge in [-0.15, -0.1) is 0 Å². The first-order valence-corrected chi connectivity index (χ1v) is 18.0. The average Bonchev–Trinajstić information content (AvgIpc) is 4.02. The maximum Gasteiger partial charge on any atom is 0.272 e. The molecule has 2 amide bonds. The monoisotopic (exact) mass is 696 g/mol. The molecule has 0 aliphatic carbocycles. The fourth-order valence-corrected chi connectivity index (χ4v) is 8.04. The van der Waals surface area contributed by atoms with Gasteiger partial charge in [-0.25, -0.2) is 19.9 Å². The van der Waals surface area contributed by atoms with E-state index in [0.717, 1.165) is 70.9 Å². The highest BCUT2D eigenvalue weighted by atomic mass is 16.2. The number of piperidine rings is 2. The van der Waals surface area contributed by atoms with Crippen LogP contribution < -0.4 is 0 Å². The van der Waals surface area contributed by atoms with Crippen molar-refractivity contribution in [1.82, 2.24) is 48.5 Å². The zero-order valence-corrected chi connectivity index (χ0v) is 29.2. The molecule has 0 radical (unpaired) electrons. The number of aromatic amines is 2. The Bertz CT molecular complexity index is 2290.